The number of nitrogens with zero attached hydrogens (tertiary/aromatic N) is 2. The number of hydrogen-bond donors (Lipinski definition) is 1. The number of rotatable bonds is 5. The summed E-state index contributed by atoms with van der Waals surface area (Å²) in [5.74, 6) is -5.35. The second-order valence-corrected chi connectivity index (χ2v) is 12.5. The molecule has 0 saturated carbocycles. The van der Waals surface area contributed by atoms with Gasteiger partial charge in [0.2, 0.25) is 17.7 Å². The quantitative estimate of drug-likeness (QED) is 0.192. The van der Waals surface area contributed by atoms with Crippen LogP contribution >= 0.6 is 23.1 Å². The molecule has 46 heavy (non-hydrogen) atoms. The largest absolute Gasteiger partial charge is 0.416 e. The second-order valence-electron chi connectivity index (χ2n) is 10.4. The van der Waals surface area contributed by atoms with E-state index in [2.05, 4.69) is 5.32 Å². The zero-order valence-electron chi connectivity index (χ0n) is 22.9. The maximum Gasteiger partial charge on any atom is 0.416 e. The number of carbonyl (C=O) groups excluding carboxylic acids is 3. The summed E-state index contributed by atoms with van der Waals surface area (Å²) in [5, 5.41) is 1.20. The molecule has 0 bridgehead atoms. The Morgan fingerprint density at radius 2 is 1.46 bits per heavy atom. The second kappa shape index (κ2) is 11.4. The van der Waals surface area contributed by atoms with E-state index in [4.69, 9.17) is 0 Å². The molecule has 3 aromatic carbocycles. The highest BCUT2D eigenvalue weighted by atomic mass is 32.2. The topological polar surface area (TPSA) is 88.5 Å². The molecule has 2 aliphatic rings. The highest BCUT2D eigenvalue weighted by molar-refractivity contribution is 8.00. The van der Waals surface area contributed by atoms with Gasteiger partial charge in [-0.15, -0.1) is 0 Å². The molecule has 6 rings (SSSR count). The summed E-state index contributed by atoms with van der Waals surface area (Å²) in [5.41, 5.74) is -2.23. The molecule has 3 amide bonds. The fraction of sp³-hybridized carbons (Fsp3) is 0.200. The number of hydrogen-bond acceptors (Lipinski definition) is 6. The smallest absolute Gasteiger partial charge is 0.325 e. The van der Waals surface area contributed by atoms with Gasteiger partial charge in [0.1, 0.15) is 17.6 Å². The molecule has 1 fully saturated rings. The van der Waals surface area contributed by atoms with E-state index in [0.717, 1.165) is 58.8 Å². The van der Waals surface area contributed by atoms with Crippen molar-refractivity contribution in [3.63, 3.8) is 0 Å². The van der Waals surface area contributed by atoms with Gasteiger partial charge in [-0.25, -0.2) is 9.29 Å². The zero-order valence-corrected chi connectivity index (χ0v) is 24.5. The molecule has 238 valence electrons. The van der Waals surface area contributed by atoms with Crippen molar-refractivity contribution < 1.29 is 45.1 Å². The van der Waals surface area contributed by atoms with Crippen molar-refractivity contribution in [2.75, 3.05) is 10.2 Å². The zero-order chi connectivity index (χ0) is 33.1. The molecule has 0 spiro atoms. The van der Waals surface area contributed by atoms with Crippen molar-refractivity contribution in [2.45, 2.75) is 35.1 Å². The molecule has 4 aromatic rings. The van der Waals surface area contributed by atoms with E-state index in [9.17, 15) is 49.9 Å². The first kappa shape index (κ1) is 31.5. The molecule has 1 N–H and O–H groups in total. The van der Waals surface area contributed by atoms with Gasteiger partial charge < -0.3 is 5.32 Å². The molecular weight excluding hydrogens is 663 g/mol. The van der Waals surface area contributed by atoms with Crippen LogP contribution in [0.2, 0.25) is 0 Å². The summed E-state index contributed by atoms with van der Waals surface area (Å²) in [4.78, 5) is 54.0. The molecule has 0 aliphatic carbocycles. The number of imide groups is 1. The van der Waals surface area contributed by atoms with Crippen molar-refractivity contribution >= 4 is 52.2 Å². The SMILES string of the molecule is O=C(Cn1c2c(sc1=O)[C@H](c1ccc(F)cc1)C1C(=O)N(c3cccc(C(F)(F)F)c3)C(=O)C1S2)Nc1cccc(C(F)(F)F)c1. The van der Waals surface area contributed by atoms with Gasteiger partial charge in [-0.1, -0.05) is 47.4 Å². The van der Waals surface area contributed by atoms with Crippen molar-refractivity contribution in [1.82, 2.24) is 4.57 Å². The van der Waals surface area contributed by atoms with E-state index < -0.39 is 75.5 Å². The number of benzene rings is 3. The summed E-state index contributed by atoms with van der Waals surface area (Å²) in [7, 11) is 0. The van der Waals surface area contributed by atoms with E-state index >= 15 is 0 Å². The van der Waals surface area contributed by atoms with Gasteiger partial charge in [0.25, 0.3) is 0 Å². The van der Waals surface area contributed by atoms with Crippen LogP contribution in [-0.2, 0) is 33.3 Å². The molecule has 1 saturated heterocycles. The predicted octanol–water partition coefficient (Wildman–Crippen LogP) is 6.52. The minimum atomic E-state index is -4.76. The number of alkyl halides is 6. The number of halogens is 7. The normalized spacial score (nSPS) is 19.6. The Balaban J connectivity index is 1.38. The van der Waals surface area contributed by atoms with E-state index in [1.807, 2.05) is 0 Å². The van der Waals surface area contributed by atoms with Gasteiger partial charge in [0.15, 0.2) is 0 Å². The first-order valence-electron chi connectivity index (χ1n) is 13.3. The molecular formula is C30H18F7N3O4S2. The number of aromatic nitrogens is 1. The van der Waals surface area contributed by atoms with Gasteiger partial charge in [-0.2, -0.15) is 26.3 Å². The lowest BCUT2D eigenvalue weighted by Gasteiger charge is -2.30. The maximum atomic E-state index is 13.9. The van der Waals surface area contributed by atoms with Gasteiger partial charge in [0, 0.05) is 16.5 Å². The van der Waals surface area contributed by atoms with E-state index in [1.165, 1.54) is 24.3 Å². The standard InChI is InChI=1S/C30H18F7N3O4S2/c31-17-9-7-14(8-10-17)21-22-23(26(43)40(25(22)42)19-6-2-4-16(12-19)30(35,36)37)45-27-24(21)46-28(44)39(27)13-20(41)38-18-5-1-3-15(11-18)29(32,33)34/h1-12,21-23H,13H2,(H,38,41)/t21-,22?,23?/m1/s1. The number of amides is 3. The fourth-order valence-corrected chi connectivity index (χ4v) is 8.25. The minimum absolute atomic E-state index is 0.122. The third-order valence-electron chi connectivity index (χ3n) is 7.49. The van der Waals surface area contributed by atoms with Crippen molar-refractivity contribution in [3.8, 4) is 0 Å². The number of thiazole rings is 1. The van der Waals surface area contributed by atoms with Crippen LogP contribution in [0.1, 0.15) is 27.5 Å². The van der Waals surface area contributed by atoms with E-state index in [0.29, 0.717) is 27.9 Å². The number of nitrogens with one attached hydrogen (secondary N) is 1. The maximum absolute atomic E-state index is 13.9. The Bertz CT molecular complexity index is 1940. The average molecular weight is 682 g/mol. The highest BCUT2D eigenvalue weighted by Crippen LogP contribution is 2.54. The minimum Gasteiger partial charge on any atom is -0.325 e. The molecule has 2 aliphatic heterocycles. The lowest BCUT2D eigenvalue weighted by Crippen LogP contribution is -2.33. The molecule has 3 heterocycles. The molecule has 7 nitrogen and oxygen atoms in total. The molecule has 3 atom stereocenters. The van der Waals surface area contributed by atoms with Crippen LogP contribution in [-0.4, -0.2) is 27.5 Å². The van der Waals surface area contributed by atoms with Crippen molar-refractivity contribution in [1.29, 1.82) is 0 Å². The number of thioether (sulfide) groups is 1. The molecule has 16 heteroatoms. The van der Waals surface area contributed by atoms with Crippen LogP contribution in [0.15, 0.2) is 82.6 Å². The molecule has 0 radical (unpaired) electrons. The first-order valence-corrected chi connectivity index (χ1v) is 15.0. The third kappa shape index (κ3) is 5.70. The summed E-state index contributed by atoms with van der Waals surface area (Å²) >= 11 is 1.45. The Labute approximate surface area is 262 Å². The molecule has 2 unspecified atom stereocenters. The third-order valence-corrected chi connectivity index (χ3v) is 10.1. The number of carbonyl (C=O) groups is 3. The fourth-order valence-electron chi connectivity index (χ4n) is 5.48. The van der Waals surface area contributed by atoms with Crippen LogP contribution < -0.4 is 15.1 Å². The van der Waals surface area contributed by atoms with Crippen molar-refractivity contribution in [2.24, 2.45) is 5.92 Å². The van der Waals surface area contributed by atoms with Gasteiger partial charge in [0.05, 0.1) is 27.8 Å². The molecule has 1 aromatic heterocycles. The predicted molar refractivity (Wildman–Crippen MR) is 154 cm³/mol. The van der Waals surface area contributed by atoms with Gasteiger partial charge in [-0.3, -0.25) is 23.7 Å². The Kier molecular flexibility index (Phi) is 7.83. The van der Waals surface area contributed by atoms with Crippen LogP contribution in [0.3, 0.4) is 0 Å². The lowest BCUT2D eigenvalue weighted by molar-refractivity contribution is -0.138. The van der Waals surface area contributed by atoms with Crippen LogP contribution in [0, 0.1) is 11.7 Å². The summed E-state index contributed by atoms with van der Waals surface area (Å²) in [6, 6.07) is 12.5. The monoisotopic (exact) mass is 681 g/mol. The van der Waals surface area contributed by atoms with E-state index in [1.54, 1.807) is 0 Å². The Morgan fingerprint density at radius 3 is 2.11 bits per heavy atom. The van der Waals surface area contributed by atoms with Crippen molar-refractivity contribution in [3.05, 3.63) is 110 Å². The van der Waals surface area contributed by atoms with Crippen LogP contribution in [0.25, 0.3) is 0 Å². The summed E-state index contributed by atoms with van der Waals surface area (Å²) in [6.07, 6.45) is -9.42. The first-order chi connectivity index (χ1) is 21.6. The summed E-state index contributed by atoms with van der Waals surface area (Å²) in [6.45, 7) is -0.666. The lowest BCUT2D eigenvalue weighted by atomic mass is 9.83. The Hall–Kier alpha value is -4.44. The average Bonchev–Trinajstić information content (AvgIpc) is 3.43. The highest BCUT2D eigenvalue weighted by Gasteiger charge is 2.57. The van der Waals surface area contributed by atoms with Gasteiger partial charge >= 0.3 is 17.2 Å². The summed E-state index contributed by atoms with van der Waals surface area (Å²) < 4.78 is 94.7. The van der Waals surface area contributed by atoms with E-state index in [-0.39, 0.29) is 21.3 Å². The number of fused-ring (bicyclic) bond motifs is 2. The van der Waals surface area contributed by atoms with Gasteiger partial charge in [-0.05, 0) is 54.1 Å². The number of anilines is 2. The van der Waals surface area contributed by atoms with Crippen LogP contribution in [0.4, 0.5) is 42.1 Å². The Morgan fingerprint density at radius 1 is 0.826 bits per heavy atom. The van der Waals surface area contributed by atoms with Crippen LogP contribution in [0.5, 0.6) is 0 Å².